The third-order valence-electron chi connectivity index (χ3n) is 13.5. The highest BCUT2D eigenvalue weighted by Crippen LogP contribution is 2.28. The number of carbonyl (C=O) groups excluding carboxylic acids is 4. The molecular formula is C52H54FN13O5. The fraction of sp³-hybridized carbons (Fsp3) is 0.346. The Morgan fingerprint density at radius 1 is 0.775 bits per heavy atom. The molecule has 0 spiro atoms. The van der Waals surface area contributed by atoms with Gasteiger partial charge in [0.1, 0.15) is 12.1 Å². The Morgan fingerprint density at radius 2 is 1.52 bits per heavy atom. The van der Waals surface area contributed by atoms with E-state index in [-0.39, 0.29) is 47.6 Å². The largest absolute Gasteiger partial charge is 0.338 e. The van der Waals surface area contributed by atoms with Gasteiger partial charge in [0.05, 0.1) is 52.7 Å². The SMILES string of the molecule is N#Cc1cccc(-c2cnc(C(=O)N3CCC(CN4CCN(CC(=O)N5CCN(C(=O)c6cc(Cc7n[nH]c(=O)c8ccccc78)ccc6F)CC5)CC4)CC3)c(NC(=O)CNCc3ccncn3)c2)c1. The van der Waals surface area contributed by atoms with Crippen LogP contribution in [0, 0.1) is 23.1 Å². The van der Waals surface area contributed by atoms with Crippen molar-refractivity contribution in [1.29, 1.82) is 5.26 Å². The number of nitrogens with one attached hydrogen (secondary N) is 3. The first-order chi connectivity index (χ1) is 34.6. The van der Waals surface area contributed by atoms with Gasteiger partial charge < -0.3 is 30.2 Å². The van der Waals surface area contributed by atoms with Gasteiger partial charge in [-0.3, -0.25) is 28.9 Å². The number of pyridine rings is 1. The zero-order valence-corrected chi connectivity index (χ0v) is 39.2. The van der Waals surface area contributed by atoms with Crippen LogP contribution in [0.3, 0.4) is 0 Å². The van der Waals surface area contributed by atoms with Crippen LogP contribution in [0.15, 0.2) is 102 Å². The van der Waals surface area contributed by atoms with Gasteiger partial charge in [0.15, 0.2) is 5.69 Å². The number of hydrogen-bond acceptors (Lipinski definition) is 13. The van der Waals surface area contributed by atoms with E-state index >= 15 is 4.39 Å². The van der Waals surface area contributed by atoms with Crippen LogP contribution in [0.5, 0.6) is 0 Å². The number of nitrogens with zero attached hydrogens (tertiary/aromatic N) is 10. The molecule has 3 aromatic heterocycles. The van der Waals surface area contributed by atoms with E-state index < -0.39 is 11.7 Å². The van der Waals surface area contributed by atoms with Gasteiger partial charge in [0.25, 0.3) is 17.4 Å². The summed E-state index contributed by atoms with van der Waals surface area (Å²) >= 11 is 0. The molecule has 0 saturated carbocycles. The van der Waals surface area contributed by atoms with Crippen LogP contribution < -0.4 is 16.2 Å². The smallest absolute Gasteiger partial charge is 0.274 e. The van der Waals surface area contributed by atoms with Crippen molar-refractivity contribution < 1.29 is 23.6 Å². The summed E-state index contributed by atoms with van der Waals surface area (Å²) in [5, 5.41) is 23.4. The number of rotatable bonds is 14. The summed E-state index contributed by atoms with van der Waals surface area (Å²) < 4.78 is 15.1. The molecule has 3 fully saturated rings. The number of aromatic nitrogens is 5. The predicted molar refractivity (Wildman–Crippen MR) is 262 cm³/mol. The minimum absolute atomic E-state index is 0.00619. The number of likely N-dealkylation sites (tertiary alicyclic amines) is 1. The third-order valence-corrected chi connectivity index (χ3v) is 13.5. The summed E-state index contributed by atoms with van der Waals surface area (Å²) in [6.07, 6.45) is 6.60. The van der Waals surface area contributed by atoms with Gasteiger partial charge in [0.2, 0.25) is 11.8 Å². The van der Waals surface area contributed by atoms with Crippen LogP contribution in [0.4, 0.5) is 10.1 Å². The Bertz CT molecular complexity index is 3010. The highest BCUT2D eigenvalue weighted by atomic mass is 19.1. The first-order valence-corrected chi connectivity index (χ1v) is 23.9. The molecule has 0 aliphatic carbocycles. The number of carbonyl (C=O) groups is 4. The fourth-order valence-electron chi connectivity index (χ4n) is 9.51. The van der Waals surface area contributed by atoms with Crippen molar-refractivity contribution in [2.24, 2.45) is 5.92 Å². The van der Waals surface area contributed by atoms with E-state index in [9.17, 15) is 29.2 Å². The number of nitriles is 1. The maximum absolute atomic E-state index is 15.1. The number of halogens is 1. The molecule has 0 radical (unpaired) electrons. The fourth-order valence-corrected chi connectivity index (χ4v) is 9.51. The number of hydrogen-bond donors (Lipinski definition) is 3. The molecule has 4 amide bonds. The van der Waals surface area contributed by atoms with Crippen molar-refractivity contribution in [2.75, 3.05) is 90.4 Å². The Morgan fingerprint density at radius 3 is 2.28 bits per heavy atom. The summed E-state index contributed by atoms with van der Waals surface area (Å²) in [6, 6.07) is 24.3. The van der Waals surface area contributed by atoms with Crippen LogP contribution in [-0.2, 0) is 22.6 Å². The summed E-state index contributed by atoms with van der Waals surface area (Å²) in [5.74, 6) is -1.26. The van der Waals surface area contributed by atoms with E-state index in [0.29, 0.717) is 97.0 Å². The molecule has 364 valence electrons. The molecule has 19 heteroatoms. The summed E-state index contributed by atoms with van der Waals surface area (Å²) in [7, 11) is 0. The number of aromatic amines is 1. The van der Waals surface area contributed by atoms with Crippen LogP contribution >= 0.6 is 0 Å². The number of anilines is 1. The molecule has 3 N–H and O–H groups in total. The lowest BCUT2D eigenvalue weighted by molar-refractivity contribution is -0.134. The third kappa shape index (κ3) is 11.8. The molecule has 3 saturated heterocycles. The van der Waals surface area contributed by atoms with Crippen LogP contribution in [-0.4, -0.2) is 158 Å². The maximum Gasteiger partial charge on any atom is 0.274 e. The normalized spacial score (nSPS) is 15.9. The van der Waals surface area contributed by atoms with E-state index in [2.05, 4.69) is 51.7 Å². The second-order valence-corrected chi connectivity index (χ2v) is 18.2. The zero-order chi connectivity index (χ0) is 49.3. The summed E-state index contributed by atoms with van der Waals surface area (Å²) in [5.41, 5.74) is 4.02. The first-order valence-electron chi connectivity index (χ1n) is 23.9. The van der Waals surface area contributed by atoms with Crippen molar-refractivity contribution >= 4 is 40.1 Å². The molecular weight excluding hydrogens is 906 g/mol. The number of amides is 4. The first kappa shape index (κ1) is 48.2. The van der Waals surface area contributed by atoms with Crippen molar-refractivity contribution in [3.63, 3.8) is 0 Å². The molecule has 3 aliphatic heterocycles. The Labute approximate surface area is 409 Å². The molecule has 9 rings (SSSR count). The van der Waals surface area contributed by atoms with E-state index in [0.717, 1.165) is 56.8 Å². The molecule has 71 heavy (non-hydrogen) atoms. The predicted octanol–water partition coefficient (Wildman–Crippen LogP) is 3.56. The highest BCUT2D eigenvalue weighted by Gasteiger charge is 2.31. The van der Waals surface area contributed by atoms with E-state index in [1.165, 1.54) is 12.4 Å². The van der Waals surface area contributed by atoms with Crippen LogP contribution in [0.25, 0.3) is 21.9 Å². The Hall–Kier alpha value is -7.79. The van der Waals surface area contributed by atoms with Crippen molar-refractivity contribution in [1.82, 2.24) is 55.0 Å². The van der Waals surface area contributed by atoms with Crippen LogP contribution in [0.1, 0.15) is 56.2 Å². The average Bonchev–Trinajstić information content (AvgIpc) is 3.40. The second kappa shape index (κ2) is 22.3. The van der Waals surface area contributed by atoms with Gasteiger partial charge in [-0.15, -0.1) is 0 Å². The lowest BCUT2D eigenvalue weighted by Crippen LogP contribution is -2.55. The number of piperidine rings is 1. The summed E-state index contributed by atoms with van der Waals surface area (Å²) in [4.78, 5) is 89.0. The average molecular weight is 960 g/mol. The van der Waals surface area contributed by atoms with Crippen molar-refractivity contribution in [2.45, 2.75) is 25.8 Å². The molecule has 18 nitrogen and oxygen atoms in total. The van der Waals surface area contributed by atoms with Crippen molar-refractivity contribution in [3.05, 3.63) is 148 Å². The van der Waals surface area contributed by atoms with Crippen molar-refractivity contribution in [3.8, 4) is 17.2 Å². The van der Waals surface area contributed by atoms with Gasteiger partial charge in [-0.25, -0.2) is 24.4 Å². The number of H-pyrrole nitrogens is 1. The topological polar surface area (TPSA) is 217 Å². The molecule has 6 aromatic rings. The van der Waals surface area contributed by atoms with E-state index in [1.807, 2.05) is 18.2 Å². The lowest BCUT2D eigenvalue weighted by atomic mass is 9.95. The van der Waals surface area contributed by atoms with Gasteiger partial charge in [-0.1, -0.05) is 36.4 Å². The van der Waals surface area contributed by atoms with Gasteiger partial charge in [0, 0.05) is 108 Å². The summed E-state index contributed by atoms with van der Waals surface area (Å²) in [6.45, 7) is 7.05. The highest BCUT2D eigenvalue weighted by molar-refractivity contribution is 6.03. The zero-order valence-electron chi connectivity index (χ0n) is 39.2. The molecule has 3 aromatic carbocycles. The quantitative estimate of drug-likeness (QED) is 0.143. The minimum atomic E-state index is -0.619. The minimum Gasteiger partial charge on any atom is -0.338 e. The standard InChI is InChI=1S/C52H54FN13O5/c53-44-9-8-36(26-45-41-6-1-2-7-42(41)50(69)61-60-45)25-43(44)51(70)66-22-20-64(21-23-66)48(68)33-63-18-16-62(17-19-63)32-35-11-14-65(15-12-35)52(71)49-46(59-47(67)31-56-30-40-10-13-55-34-58-40)27-39(29-57-49)38-5-3-4-37(24-38)28-54/h1-10,13,24-25,27,29,34-35,56H,11-12,14-23,26,30-33H2,(H,59,67)(H,61,69). The molecule has 0 bridgehead atoms. The maximum atomic E-state index is 15.1. The number of benzene rings is 3. The van der Waals surface area contributed by atoms with E-state index in [1.54, 1.807) is 81.7 Å². The molecule has 6 heterocycles. The Kier molecular flexibility index (Phi) is 15.2. The van der Waals surface area contributed by atoms with Gasteiger partial charge >= 0.3 is 0 Å². The van der Waals surface area contributed by atoms with Gasteiger partial charge in [-0.05, 0) is 72.4 Å². The molecule has 0 unspecified atom stereocenters. The van der Waals surface area contributed by atoms with E-state index in [4.69, 9.17) is 0 Å². The number of piperazine rings is 2. The monoisotopic (exact) mass is 959 g/mol. The number of fused-ring (bicyclic) bond motifs is 1. The molecule has 3 aliphatic rings. The Balaban J connectivity index is 0.722. The van der Waals surface area contributed by atoms with Gasteiger partial charge in [-0.2, -0.15) is 10.4 Å². The lowest BCUT2D eigenvalue weighted by Gasteiger charge is -2.40. The molecule has 0 atom stereocenters. The second-order valence-electron chi connectivity index (χ2n) is 18.2. The van der Waals surface area contributed by atoms with Crippen LogP contribution in [0.2, 0.25) is 0 Å².